The van der Waals surface area contributed by atoms with E-state index in [-0.39, 0.29) is 6.54 Å². The van der Waals surface area contributed by atoms with Crippen molar-refractivity contribution in [2.24, 2.45) is 7.05 Å². The van der Waals surface area contributed by atoms with Crippen LogP contribution in [-0.4, -0.2) is 46.1 Å². The van der Waals surface area contributed by atoms with Gasteiger partial charge in [0.1, 0.15) is 6.17 Å². The lowest BCUT2D eigenvalue weighted by Crippen LogP contribution is -2.40. The van der Waals surface area contributed by atoms with Crippen LogP contribution in [0.5, 0.6) is 0 Å². The number of carboxylic acid groups (broad SMARTS) is 1. The average molecular weight is 242 g/mol. The molecule has 0 saturated carbocycles. The topological polar surface area (TPSA) is 70.4 Å². The first-order valence-electron chi connectivity index (χ1n) is 5.36. The fraction of sp³-hybridized carbons (Fsp3) is 0.600. The molecule has 1 aliphatic heterocycles. The van der Waals surface area contributed by atoms with Gasteiger partial charge in [0.15, 0.2) is 0 Å². The molecule has 6 nitrogen and oxygen atoms in total. The van der Waals surface area contributed by atoms with Gasteiger partial charge in [-0.15, -0.1) is 0 Å². The molecular weight excluding hydrogens is 227 g/mol. The molecule has 17 heavy (non-hydrogen) atoms. The molecule has 1 fully saturated rings. The fourth-order valence-corrected chi connectivity index (χ4v) is 2.12. The van der Waals surface area contributed by atoms with Crippen molar-refractivity contribution in [1.29, 1.82) is 0 Å². The maximum atomic E-state index is 13.6. The van der Waals surface area contributed by atoms with Crippen molar-refractivity contribution in [2.75, 3.05) is 18.0 Å². The summed E-state index contributed by atoms with van der Waals surface area (Å²) in [4.78, 5) is 16.5. The van der Waals surface area contributed by atoms with Gasteiger partial charge < -0.3 is 19.9 Å². The Kier molecular flexibility index (Phi) is 2.91. The Morgan fingerprint density at radius 2 is 2.35 bits per heavy atom. The molecule has 2 heterocycles. The highest BCUT2D eigenvalue weighted by molar-refractivity contribution is 5.65. The maximum absolute atomic E-state index is 13.6. The number of anilines is 1. The molecule has 7 heteroatoms. The molecular formula is C10H15FN4O2. The molecule has 94 valence electrons. The summed E-state index contributed by atoms with van der Waals surface area (Å²) >= 11 is 0. The first-order valence-corrected chi connectivity index (χ1v) is 5.36. The summed E-state index contributed by atoms with van der Waals surface area (Å²) in [6.07, 6.45) is -0.556. The Hall–Kier alpha value is -1.79. The van der Waals surface area contributed by atoms with E-state index in [1.165, 1.54) is 0 Å². The van der Waals surface area contributed by atoms with Crippen LogP contribution in [-0.2, 0) is 7.05 Å². The molecule has 0 aliphatic carbocycles. The summed E-state index contributed by atoms with van der Waals surface area (Å²) in [6, 6.07) is -0.690. The van der Waals surface area contributed by atoms with Gasteiger partial charge in [0.2, 0.25) is 5.95 Å². The lowest BCUT2D eigenvalue weighted by molar-refractivity contribution is 0.183. The van der Waals surface area contributed by atoms with Crippen LogP contribution >= 0.6 is 0 Å². The van der Waals surface area contributed by atoms with E-state index in [0.29, 0.717) is 12.5 Å². The predicted molar refractivity (Wildman–Crippen MR) is 60.0 cm³/mol. The Morgan fingerprint density at radius 3 is 2.88 bits per heavy atom. The summed E-state index contributed by atoms with van der Waals surface area (Å²) in [5.41, 5.74) is 0.854. The molecule has 1 saturated heterocycles. The van der Waals surface area contributed by atoms with Crippen LogP contribution < -0.4 is 10.2 Å². The van der Waals surface area contributed by atoms with Crippen molar-refractivity contribution in [3.8, 4) is 0 Å². The normalized spacial score (nSPS) is 24.1. The van der Waals surface area contributed by atoms with Crippen molar-refractivity contribution in [1.82, 2.24) is 14.9 Å². The molecule has 1 aromatic heterocycles. The van der Waals surface area contributed by atoms with Gasteiger partial charge in [-0.1, -0.05) is 0 Å². The van der Waals surface area contributed by atoms with Crippen LogP contribution in [0.2, 0.25) is 0 Å². The average Bonchev–Trinajstić information content (AvgIpc) is 2.70. The predicted octanol–water partition coefficient (Wildman–Crippen LogP) is 0.523. The number of imidazole rings is 1. The molecule has 2 atom stereocenters. The van der Waals surface area contributed by atoms with Crippen molar-refractivity contribution in [2.45, 2.75) is 19.1 Å². The zero-order valence-electron chi connectivity index (χ0n) is 9.72. The highest BCUT2D eigenvalue weighted by Crippen LogP contribution is 2.21. The van der Waals surface area contributed by atoms with E-state index in [0.717, 1.165) is 5.69 Å². The molecule has 0 radical (unpaired) electrons. The number of nitrogens with zero attached hydrogens (tertiary/aromatic N) is 3. The van der Waals surface area contributed by atoms with E-state index < -0.39 is 18.3 Å². The quantitative estimate of drug-likeness (QED) is 0.793. The SMILES string of the molecule is Cc1cn(C)c(N2C[C@H](NC(=O)O)[C@@H](F)C2)n1. The summed E-state index contributed by atoms with van der Waals surface area (Å²) in [5, 5.41) is 10.8. The van der Waals surface area contributed by atoms with Gasteiger partial charge in [-0.3, -0.25) is 0 Å². The largest absolute Gasteiger partial charge is 0.465 e. The standard InChI is InChI=1S/C10H15FN4O2/c1-6-3-14(2)9(12-6)15-4-7(11)8(5-15)13-10(16)17/h3,7-8,13H,4-5H2,1-2H3,(H,16,17)/t7-,8-/m0/s1. The van der Waals surface area contributed by atoms with Crippen LogP contribution in [0.1, 0.15) is 5.69 Å². The van der Waals surface area contributed by atoms with E-state index in [2.05, 4.69) is 10.3 Å². The van der Waals surface area contributed by atoms with Crippen molar-refractivity contribution < 1.29 is 14.3 Å². The van der Waals surface area contributed by atoms with Gasteiger partial charge in [0.05, 0.1) is 18.3 Å². The van der Waals surface area contributed by atoms with E-state index in [1.807, 2.05) is 24.7 Å². The Labute approximate surface area is 98.0 Å². The van der Waals surface area contributed by atoms with Gasteiger partial charge in [-0.2, -0.15) is 0 Å². The monoisotopic (exact) mass is 242 g/mol. The molecule has 0 spiro atoms. The van der Waals surface area contributed by atoms with Crippen LogP contribution in [0.4, 0.5) is 15.1 Å². The summed E-state index contributed by atoms with van der Waals surface area (Å²) < 4.78 is 15.4. The Balaban J connectivity index is 2.10. The van der Waals surface area contributed by atoms with Crippen LogP contribution in [0.3, 0.4) is 0 Å². The third-order valence-electron chi connectivity index (χ3n) is 2.81. The minimum atomic E-state index is -1.21. The second-order valence-electron chi connectivity index (χ2n) is 4.27. The fourth-order valence-electron chi connectivity index (χ4n) is 2.12. The third-order valence-corrected chi connectivity index (χ3v) is 2.81. The maximum Gasteiger partial charge on any atom is 0.405 e. The van der Waals surface area contributed by atoms with Crippen LogP contribution in [0.15, 0.2) is 6.20 Å². The molecule has 0 aromatic carbocycles. The number of halogens is 1. The summed E-state index contributed by atoms with van der Waals surface area (Å²) in [6.45, 7) is 2.33. The van der Waals surface area contributed by atoms with Crippen molar-refractivity contribution >= 4 is 12.0 Å². The van der Waals surface area contributed by atoms with Gasteiger partial charge in [0.25, 0.3) is 0 Å². The van der Waals surface area contributed by atoms with E-state index in [4.69, 9.17) is 5.11 Å². The zero-order chi connectivity index (χ0) is 12.6. The number of nitrogens with one attached hydrogen (secondary N) is 1. The third kappa shape index (κ3) is 2.32. The first kappa shape index (κ1) is 11.7. The van der Waals surface area contributed by atoms with E-state index >= 15 is 0 Å². The van der Waals surface area contributed by atoms with Gasteiger partial charge in [0, 0.05) is 19.8 Å². The molecule has 1 aliphatic rings. The number of aryl methyl sites for hydroxylation is 2. The highest BCUT2D eigenvalue weighted by atomic mass is 19.1. The zero-order valence-corrected chi connectivity index (χ0v) is 9.72. The number of hydrogen-bond acceptors (Lipinski definition) is 3. The highest BCUT2D eigenvalue weighted by Gasteiger charge is 2.35. The minimum Gasteiger partial charge on any atom is -0.465 e. The molecule has 2 N–H and O–H groups in total. The van der Waals surface area contributed by atoms with E-state index in [9.17, 15) is 9.18 Å². The molecule has 0 unspecified atom stereocenters. The second kappa shape index (κ2) is 4.23. The Bertz CT molecular complexity index is 434. The van der Waals surface area contributed by atoms with Crippen molar-refractivity contribution in [3.63, 3.8) is 0 Å². The second-order valence-corrected chi connectivity index (χ2v) is 4.27. The summed E-state index contributed by atoms with van der Waals surface area (Å²) in [7, 11) is 1.83. The summed E-state index contributed by atoms with van der Waals surface area (Å²) in [5.74, 6) is 0.667. The number of carbonyl (C=O) groups is 1. The van der Waals surface area contributed by atoms with Crippen LogP contribution in [0.25, 0.3) is 0 Å². The lowest BCUT2D eigenvalue weighted by atomic mass is 10.2. The minimum absolute atomic E-state index is 0.162. The number of amides is 1. The van der Waals surface area contributed by atoms with E-state index in [1.54, 1.807) is 4.90 Å². The molecule has 1 amide bonds. The lowest BCUT2D eigenvalue weighted by Gasteiger charge is -2.16. The van der Waals surface area contributed by atoms with Gasteiger partial charge in [-0.05, 0) is 6.92 Å². The molecule has 1 aromatic rings. The number of alkyl halides is 1. The van der Waals surface area contributed by atoms with Crippen LogP contribution in [0, 0.1) is 6.92 Å². The molecule has 2 rings (SSSR count). The number of rotatable bonds is 2. The van der Waals surface area contributed by atoms with Gasteiger partial charge in [-0.25, -0.2) is 14.2 Å². The molecule has 0 bridgehead atoms. The number of hydrogen-bond donors (Lipinski definition) is 2. The Morgan fingerprint density at radius 1 is 1.65 bits per heavy atom. The van der Waals surface area contributed by atoms with Gasteiger partial charge >= 0.3 is 6.09 Å². The smallest absolute Gasteiger partial charge is 0.405 e. The number of aromatic nitrogens is 2. The van der Waals surface area contributed by atoms with Crippen molar-refractivity contribution in [3.05, 3.63) is 11.9 Å². The first-order chi connectivity index (χ1) is 7.97.